The van der Waals surface area contributed by atoms with Gasteiger partial charge in [-0.3, -0.25) is 4.79 Å². The van der Waals surface area contributed by atoms with Gasteiger partial charge in [0.15, 0.2) is 0 Å². The highest BCUT2D eigenvalue weighted by molar-refractivity contribution is 7.80. The van der Waals surface area contributed by atoms with E-state index in [0.29, 0.717) is 22.4 Å². The Bertz CT molecular complexity index is 685. The zero-order valence-electron chi connectivity index (χ0n) is 10.8. The van der Waals surface area contributed by atoms with Crippen LogP contribution in [0.1, 0.15) is 21.5 Å². The van der Waals surface area contributed by atoms with Gasteiger partial charge in [0.1, 0.15) is 10.8 Å². The van der Waals surface area contributed by atoms with Gasteiger partial charge in [-0.1, -0.05) is 24.4 Å². The topological polar surface area (TPSA) is 55.1 Å². The molecular weight excluding hydrogens is 275 g/mol. The molecule has 0 saturated heterocycles. The van der Waals surface area contributed by atoms with Gasteiger partial charge in [-0.2, -0.15) is 0 Å². The van der Waals surface area contributed by atoms with Crippen molar-refractivity contribution in [3.63, 3.8) is 0 Å². The molecule has 3 N–H and O–H groups in total. The smallest absolute Gasteiger partial charge is 0.255 e. The number of hydrogen-bond donors (Lipinski definition) is 2. The Morgan fingerprint density at radius 1 is 1.20 bits per heavy atom. The van der Waals surface area contributed by atoms with E-state index in [4.69, 9.17) is 18.0 Å². The summed E-state index contributed by atoms with van der Waals surface area (Å²) in [4.78, 5) is 12.3. The number of nitrogens with two attached hydrogens (primary N) is 1. The van der Waals surface area contributed by atoms with Crippen LogP contribution in [-0.2, 0) is 0 Å². The van der Waals surface area contributed by atoms with Gasteiger partial charge in [0.2, 0.25) is 0 Å². The zero-order chi connectivity index (χ0) is 14.7. The quantitative estimate of drug-likeness (QED) is 0.854. The Balaban J connectivity index is 2.21. The molecule has 0 spiro atoms. The summed E-state index contributed by atoms with van der Waals surface area (Å²) in [7, 11) is 0. The number of amides is 1. The number of thiocarbonyl (C=S) groups is 1. The van der Waals surface area contributed by atoms with Crippen molar-refractivity contribution >= 4 is 28.8 Å². The van der Waals surface area contributed by atoms with Crippen molar-refractivity contribution in [2.45, 2.75) is 6.92 Å². The van der Waals surface area contributed by atoms with Crippen LogP contribution in [0.4, 0.5) is 10.1 Å². The summed E-state index contributed by atoms with van der Waals surface area (Å²) in [6, 6.07) is 11.1. The zero-order valence-corrected chi connectivity index (χ0v) is 11.6. The number of rotatable bonds is 3. The first-order chi connectivity index (χ1) is 9.47. The van der Waals surface area contributed by atoms with Crippen molar-refractivity contribution in [2.75, 3.05) is 5.32 Å². The molecule has 0 aromatic heterocycles. The van der Waals surface area contributed by atoms with E-state index >= 15 is 0 Å². The Morgan fingerprint density at radius 3 is 2.55 bits per heavy atom. The lowest BCUT2D eigenvalue weighted by Gasteiger charge is -2.07. The van der Waals surface area contributed by atoms with Gasteiger partial charge in [-0.25, -0.2) is 4.39 Å². The molecule has 0 bridgehead atoms. The third kappa shape index (κ3) is 3.19. The molecule has 5 heteroatoms. The first-order valence-electron chi connectivity index (χ1n) is 5.95. The van der Waals surface area contributed by atoms with E-state index in [1.165, 1.54) is 12.1 Å². The van der Waals surface area contributed by atoms with E-state index in [9.17, 15) is 9.18 Å². The molecule has 0 unspecified atom stereocenters. The monoisotopic (exact) mass is 288 g/mol. The maximum absolute atomic E-state index is 13.2. The fourth-order valence-electron chi connectivity index (χ4n) is 1.74. The van der Waals surface area contributed by atoms with Crippen LogP contribution in [0.5, 0.6) is 0 Å². The highest BCUT2D eigenvalue weighted by atomic mass is 32.1. The summed E-state index contributed by atoms with van der Waals surface area (Å²) in [6.07, 6.45) is 0. The van der Waals surface area contributed by atoms with E-state index in [0.717, 1.165) is 0 Å². The van der Waals surface area contributed by atoms with Crippen LogP contribution >= 0.6 is 12.2 Å². The number of anilines is 1. The van der Waals surface area contributed by atoms with Crippen LogP contribution in [0.2, 0.25) is 0 Å². The molecule has 0 aliphatic heterocycles. The van der Waals surface area contributed by atoms with Crippen LogP contribution < -0.4 is 11.1 Å². The molecule has 0 atom stereocenters. The van der Waals surface area contributed by atoms with Gasteiger partial charge in [-0.15, -0.1) is 0 Å². The van der Waals surface area contributed by atoms with Gasteiger partial charge < -0.3 is 11.1 Å². The second-order valence-corrected chi connectivity index (χ2v) is 4.80. The average molecular weight is 288 g/mol. The normalized spacial score (nSPS) is 10.1. The molecule has 0 aliphatic carbocycles. The van der Waals surface area contributed by atoms with E-state index in [1.54, 1.807) is 37.3 Å². The molecule has 0 fully saturated rings. The van der Waals surface area contributed by atoms with E-state index in [-0.39, 0.29) is 16.7 Å². The molecule has 0 saturated carbocycles. The molecule has 3 nitrogen and oxygen atoms in total. The lowest BCUT2D eigenvalue weighted by molar-refractivity contribution is 0.102. The molecule has 0 aliphatic rings. The van der Waals surface area contributed by atoms with Gasteiger partial charge >= 0.3 is 0 Å². The highest BCUT2D eigenvalue weighted by Gasteiger charge is 2.08. The Labute approximate surface area is 121 Å². The second kappa shape index (κ2) is 5.79. The minimum Gasteiger partial charge on any atom is -0.389 e. The van der Waals surface area contributed by atoms with Crippen molar-refractivity contribution in [1.82, 2.24) is 0 Å². The number of benzene rings is 2. The van der Waals surface area contributed by atoms with E-state index in [1.807, 2.05) is 0 Å². The first kappa shape index (κ1) is 14.1. The summed E-state index contributed by atoms with van der Waals surface area (Å²) in [6.45, 7) is 1.64. The number of hydrogen-bond acceptors (Lipinski definition) is 2. The SMILES string of the molecule is Cc1cc(NC(=O)c2cccc(C(N)=S)c2)ccc1F. The summed E-state index contributed by atoms with van der Waals surface area (Å²) in [5.74, 6) is -0.604. The van der Waals surface area contributed by atoms with Crippen molar-refractivity contribution in [3.05, 3.63) is 65.0 Å². The molecule has 0 radical (unpaired) electrons. The van der Waals surface area contributed by atoms with Gasteiger partial charge in [-0.05, 0) is 42.8 Å². The van der Waals surface area contributed by atoms with Crippen LogP contribution in [0, 0.1) is 12.7 Å². The maximum Gasteiger partial charge on any atom is 0.255 e. The van der Waals surface area contributed by atoms with Crippen molar-refractivity contribution in [2.24, 2.45) is 5.73 Å². The Morgan fingerprint density at radius 2 is 1.90 bits per heavy atom. The maximum atomic E-state index is 13.2. The van der Waals surface area contributed by atoms with Crippen LogP contribution in [0.25, 0.3) is 0 Å². The summed E-state index contributed by atoms with van der Waals surface area (Å²) >= 11 is 4.87. The summed E-state index contributed by atoms with van der Waals surface area (Å²) in [5.41, 5.74) is 7.61. The fourth-order valence-corrected chi connectivity index (χ4v) is 1.87. The van der Waals surface area contributed by atoms with Crippen molar-refractivity contribution in [1.29, 1.82) is 0 Å². The first-order valence-corrected chi connectivity index (χ1v) is 6.35. The number of carbonyl (C=O) groups excluding carboxylic acids is 1. The summed E-state index contributed by atoms with van der Waals surface area (Å²) < 4.78 is 13.2. The second-order valence-electron chi connectivity index (χ2n) is 4.36. The van der Waals surface area contributed by atoms with Crippen molar-refractivity contribution in [3.8, 4) is 0 Å². The Kier molecular flexibility index (Phi) is 4.10. The van der Waals surface area contributed by atoms with E-state index < -0.39 is 0 Å². The van der Waals surface area contributed by atoms with Gasteiger partial charge in [0.05, 0.1) is 0 Å². The predicted molar refractivity (Wildman–Crippen MR) is 81.4 cm³/mol. The molecule has 102 valence electrons. The van der Waals surface area contributed by atoms with Crippen molar-refractivity contribution < 1.29 is 9.18 Å². The molecule has 0 heterocycles. The predicted octanol–water partition coefficient (Wildman–Crippen LogP) is 3.02. The lowest BCUT2D eigenvalue weighted by Crippen LogP contribution is -2.14. The fraction of sp³-hybridized carbons (Fsp3) is 0.0667. The number of halogens is 1. The van der Waals surface area contributed by atoms with Crippen LogP contribution in [0.3, 0.4) is 0 Å². The molecule has 2 aromatic rings. The third-order valence-corrected chi connectivity index (χ3v) is 3.06. The number of nitrogens with one attached hydrogen (secondary N) is 1. The Hall–Kier alpha value is -2.27. The molecule has 1 amide bonds. The summed E-state index contributed by atoms with van der Waals surface area (Å²) in [5, 5.41) is 2.70. The standard InChI is InChI=1S/C15H13FN2OS/c1-9-7-12(5-6-13(9)16)18-15(19)11-4-2-3-10(8-11)14(17)20/h2-8H,1H3,(H2,17,20)(H,18,19). The minimum atomic E-state index is -0.307. The molecular formula is C15H13FN2OS. The third-order valence-electron chi connectivity index (χ3n) is 2.83. The van der Waals surface area contributed by atoms with Gasteiger partial charge in [0, 0.05) is 16.8 Å². The minimum absolute atomic E-state index is 0.234. The average Bonchev–Trinajstić information content (AvgIpc) is 2.43. The van der Waals surface area contributed by atoms with Gasteiger partial charge in [0.25, 0.3) is 5.91 Å². The lowest BCUT2D eigenvalue weighted by atomic mass is 10.1. The highest BCUT2D eigenvalue weighted by Crippen LogP contribution is 2.15. The van der Waals surface area contributed by atoms with E-state index in [2.05, 4.69) is 5.32 Å². The number of carbonyl (C=O) groups is 1. The van der Waals surface area contributed by atoms with Crippen LogP contribution in [-0.4, -0.2) is 10.9 Å². The molecule has 2 rings (SSSR count). The number of aryl methyl sites for hydroxylation is 1. The molecule has 20 heavy (non-hydrogen) atoms. The van der Waals surface area contributed by atoms with Crippen LogP contribution in [0.15, 0.2) is 42.5 Å². The largest absolute Gasteiger partial charge is 0.389 e. The molecule has 2 aromatic carbocycles.